The molecule has 2 N–H and O–H groups in total. The molecule has 5 heteroatoms. The van der Waals surface area contributed by atoms with Gasteiger partial charge in [0.2, 0.25) is 0 Å². The minimum Gasteiger partial charge on any atom is -0.489 e. The number of halogens is 1. The fourth-order valence-corrected chi connectivity index (χ4v) is 3.69. The Hall–Kier alpha value is -2.47. The summed E-state index contributed by atoms with van der Waals surface area (Å²) in [6.45, 7) is 3.55. The molecule has 0 amide bonds. The third kappa shape index (κ3) is 4.64. The van der Waals surface area contributed by atoms with Crippen molar-refractivity contribution in [2.45, 2.75) is 32.7 Å². The van der Waals surface area contributed by atoms with Gasteiger partial charge in [-0.1, -0.05) is 78.3 Å². The van der Waals surface area contributed by atoms with Gasteiger partial charge in [0.25, 0.3) is 0 Å². The van der Waals surface area contributed by atoms with Gasteiger partial charge in [0.05, 0.1) is 6.61 Å². The molecule has 0 spiro atoms. The van der Waals surface area contributed by atoms with E-state index < -0.39 is 11.5 Å². The second-order valence-corrected chi connectivity index (χ2v) is 8.40. The first-order valence-corrected chi connectivity index (χ1v) is 10.6. The van der Waals surface area contributed by atoms with Crippen molar-refractivity contribution in [2.75, 3.05) is 0 Å². The van der Waals surface area contributed by atoms with Crippen LogP contribution in [0.2, 0.25) is 0 Å². The second kappa shape index (κ2) is 9.56. The summed E-state index contributed by atoms with van der Waals surface area (Å²) in [5.41, 5.74) is 0.411. The van der Waals surface area contributed by atoms with E-state index in [4.69, 9.17) is 4.74 Å². The number of carbonyl (C=O) groups excluding carboxylic acids is 1. The molecule has 0 heterocycles. The van der Waals surface area contributed by atoms with Crippen molar-refractivity contribution in [3.05, 3.63) is 99.5 Å². The number of ether oxygens (including phenoxy) is 1. The van der Waals surface area contributed by atoms with Crippen molar-refractivity contribution in [3.63, 3.8) is 0 Å². The fourth-order valence-electron chi connectivity index (χ4n) is 3.42. The monoisotopic (exact) mass is 468 g/mol. The minimum atomic E-state index is -1.87. The Morgan fingerprint density at radius 2 is 1.70 bits per heavy atom. The molecule has 3 rings (SSSR count). The summed E-state index contributed by atoms with van der Waals surface area (Å²) in [5, 5.41) is 21.7. The highest BCUT2D eigenvalue weighted by molar-refractivity contribution is 9.10. The molecule has 156 valence electrons. The SMILES string of the molecule is CC(C)C(=O)C(O)(c1ccc(Br)cc1)c1ccc(OCc2ccccc2)cc1CO. The third-order valence-electron chi connectivity index (χ3n) is 5.03. The number of hydrogen-bond acceptors (Lipinski definition) is 4. The highest BCUT2D eigenvalue weighted by Crippen LogP contribution is 2.37. The van der Waals surface area contributed by atoms with Crippen LogP contribution in [0.4, 0.5) is 0 Å². The second-order valence-electron chi connectivity index (χ2n) is 7.49. The Morgan fingerprint density at radius 1 is 1.03 bits per heavy atom. The van der Waals surface area contributed by atoms with E-state index >= 15 is 0 Å². The zero-order chi connectivity index (χ0) is 21.7. The number of benzene rings is 3. The van der Waals surface area contributed by atoms with Crippen molar-refractivity contribution in [1.82, 2.24) is 0 Å². The normalized spacial score (nSPS) is 13.1. The van der Waals surface area contributed by atoms with E-state index in [0.717, 1.165) is 10.0 Å². The van der Waals surface area contributed by atoms with Gasteiger partial charge in [-0.2, -0.15) is 0 Å². The molecule has 0 radical (unpaired) electrons. The summed E-state index contributed by atoms with van der Waals surface area (Å²) in [7, 11) is 0. The van der Waals surface area contributed by atoms with Crippen LogP contribution in [0.25, 0.3) is 0 Å². The van der Waals surface area contributed by atoms with Crippen molar-refractivity contribution in [3.8, 4) is 5.75 Å². The Labute approximate surface area is 185 Å². The molecule has 0 aliphatic rings. The Balaban J connectivity index is 2.00. The van der Waals surface area contributed by atoms with Crippen LogP contribution in [0.3, 0.4) is 0 Å². The molecular formula is C25H25BrO4. The van der Waals surface area contributed by atoms with Crippen LogP contribution in [-0.4, -0.2) is 16.0 Å². The molecule has 0 saturated carbocycles. The quantitative estimate of drug-likeness (QED) is 0.489. The molecule has 4 nitrogen and oxygen atoms in total. The van der Waals surface area contributed by atoms with Crippen LogP contribution in [0.5, 0.6) is 5.75 Å². The van der Waals surface area contributed by atoms with E-state index in [-0.39, 0.29) is 12.4 Å². The molecule has 0 saturated heterocycles. The van der Waals surface area contributed by atoms with Crippen molar-refractivity contribution in [1.29, 1.82) is 0 Å². The number of hydrogen-bond donors (Lipinski definition) is 2. The van der Waals surface area contributed by atoms with Gasteiger partial charge < -0.3 is 14.9 Å². The van der Waals surface area contributed by atoms with E-state index in [1.807, 2.05) is 30.3 Å². The van der Waals surface area contributed by atoms with Gasteiger partial charge in [-0.3, -0.25) is 4.79 Å². The summed E-state index contributed by atoms with van der Waals surface area (Å²) < 4.78 is 6.69. The number of rotatable bonds is 8. The average molecular weight is 469 g/mol. The van der Waals surface area contributed by atoms with E-state index in [0.29, 0.717) is 29.0 Å². The number of aliphatic hydroxyl groups is 2. The van der Waals surface area contributed by atoms with Crippen LogP contribution in [0, 0.1) is 5.92 Å². The average Bonchev–Trinajstić information content (AvgIpc) is 2.77. The number of carbonyl (C=O) groups is 1. The zero-order valence-electron chi connectivity index (χ0n) is 17.0. The number of Topliss-reactive ketones (excluding diaryl/α,β-unsaturated/α-hetero) is 1. The Morgan fingerprint density at radius 3 is 2.30 bits per heavy atom. The van der Waals surface area contributed by atoms with Crippen molar-refractivity contribution < 1.29 is 19.7 Å². The first-order valence-electron chi connectivity index (χ1n) is 9.80. The molecule has 0 aliphatic carbocycles. The maximum atomic E-state index is 13.1. The Bertz CT molecular complexity index is 999. The van der Waals surface area contributed by atoms with E-state index in [1.54, 1.807) is 56.3 Å². The van der Waals surface area contributed by atoms with E-state index in [2.05, 4.69) is 15.9 Å². The maximum Gasteiger partial charge on any atom is 0.176 e. The van der Waals surface area contributed by atoms with Gasteiger partial charge in [0, 0.05) is 16.0 Å². The lowest BCUT2D eigenvalue weighted by atomic mass is 9.77. The standard InChI is InChI=1S/C25H25BrO4/c1-17(2)24(28)25(29,20-8-10-21(26)11-9-20)23-13-12-22(14-19(23)15-27)30-16-18-6-4-3-5-7-18/h3-14,17,27,29H,15-16H2,1-2H3. The summed E-state index contributed by atoms with van der Waals surface area (Å²) in [6, 6.07) is 21.8. The lowest BCUT2D eigenvalue weighted by Crippen LogP contribution is -2.40. The van der Waals surface area contributed by atoms with E-state index in [9.17, 15) is 15.0 Å². The highest BCUT2D eigenvalue weighted by atomic mass is 79.9. The first-order chi connectivity index (χ1) is 14.4. The summed E-state index contributed by atoms with van der Waals surface area (Å²) in [4.78, 5) is 13.1. The van der Waals surface area contributed by atoms with Gasteiger partial charge in [0.1, 0.15) is 12.4 Å². The smallest absolute Gasteiger partial charge is 0.176 e. The van der Waals surface area contributed by atoms with Crippen molar-refractivity contribution in [2.24, 2.45) is 5.92 Å². The molecule has 3 aromatic rings. The van der Waals surface area contributed by atoms with Gasteiger partial charge in [0.15, 0.2) is 11.4 Å². The van der Waals surface area contributed by atoms with Crippen LogP contribution in [0.15, 0.2) is 77.3 Å². The summed E-state index contributed by atoms with van der Waals surface area (Å²) >= 11 is 3.39. The fraction of sp³-hybridized carbons (Fsp3) is 0.240. The van der Waals surface area contributed by atoms with Crippen LogP contribution >= 0.6 is 15.9 Å². The number of aliphatic hydroxyl groups excluding tert-OH is 1. The summed E-state index contributed by atoms with van der Waals surface area (Å²) in [6.07, 6.45) is 0. The lowest BCUT2D eigenvalue weighted by Gasteiger charge is -2.31. The molecule has 0 fully saturated rings. The zero-order valence-corrected chi connectivity index (χ0v) is 18.6. The molecule has 1 atom stereocenters. The van der Waals surface area contributed by atoms with Gasteiger partial charge in [-0.15, -0.1) is 0 Å². The lowest BCUT2D eigenvalue weighted by molar-refractivity contribution is -0.137. The van der Waals surface area contributed by atoms with Crippen LogP contribution in [0.1, 0.15) is 36.1 Å². The third-order valence-corrected chi connectivity index (χ3v) is 5.56. The molecular weight excluding hydrogens is 444 g/mol. The van der Waals surface area contributed by atoms with Gasteiger partial charge in [-0.05, 0) is 41.0 Å². The minimum absolute atomic E-state index is 0.331. The van der Waals surface area contributed by atoms with Gasteiger partial charge in [-0.25, -0.2) is 0 Å². The molecule has 3 aromatic carbocycles. The predicted octanol–water partition coefficient (Wildman–Crippen LogP) is 4.98. The van der Waals surface area contributed by atoms with Crippen LogP contribution < -0.4 is 4.74 Å². The largest absolute Gasteiger partial charge is 0.489 e. The molecule has 0 bridgehead atoms. The topological polar surface area (TPSA) is 66.8 Å². The number of ketones is 1. The molecule has 0 aromatic heterocycles. The van der Waals surface area contributed by atoms with Crippen LogP contribution in [-0.2, 0) is 23.6 Å². The predicted molar refractivity (Wildman–Crippen MR) is 120 cm³/mol. The Kier molecular flexibility index (Phi) is 7.08. The maximum absolute atomic E-state index is 13.1. The molecule has 1 unspecified atom stereocenters. The highest BCUT2D eigenvalue weighted by Gasteiger charge is 2.42. The molecule has 0 aliphatic heterocycles. The van der Waals surface area contributed by atoms with E-state index in [1.165, 1.54) is 0 Å². The summed E-state index contributed by atoms with van der Waals surface area (Å²) in [5.74, 6) is -0.182. The first kappa shape index (κ1) is 22.2. The molecule has 30 heavy (non-hydrogen) atoms. The van der Waals surface area contributed by atoms with Gasteiger partial charge >= 0.3 is 0 Å². The van der Waals surface area contributed by atoms with Crippen molar-refractivity contribution >= 4 is 21.7 Å².